The van der Waals surface area contributed by atoms with E-state index in [-0.39, 0.29) is 0 Å². The molecular weight excluding hydrogens is 352 g/mol. The summed E-state index contributed by atoms with van der Waals surface area (Å²) in [6.45, 7) is 5.22. The van der Waals surface area contributed by atoms with Gasteiger partial charge in [-0.15, -0.1) is 0 Å². The molecule has 0 saturated heterocycles. The fourth-order valence-electron chi connectivity index (χ4n) is 4.38. The minimum absolute atomic E-state index is 0.790. The normalized spacial score (nSPS) is 15.5. The number of fused-ring (bicyclic) bond motifs is 1. The molecule has 1 heterocycles. The standard InChI is InChI=1S/C24H29ClN2/c1-17-14-22-23(15-18(17)2)27(16-20-8-11-21(25)12-9-20)24(26-22)13-10-19-6-4-3-5-7-19/h8-9,11-12,14-15,19H,3-7,10,13,16H2,1-2H3. The van der Waals surface area contributed by atoms with Crippen molar-refractivity contribution >= 4 is 22.6 Å². The van der Waals surface area contributed by atoms with Crippen LogP contribution in [0.1, 0.15) is 61.0 Å². The Labute approximate surface area is 167 Å². The van der Waals surface area contributed by atoms with E-state index >= 15 is 0 Å². The van der Waals surface area contributed by atoms with E-state index in [1.165, 1.54) is 66.6 Å². The fourth-order valence-corrected chi connectivity index (χ4v) is 4.50. The number of imidazole rings is 1. The van der Waals surface area contributed by atoms with Crippen LogP contribution < -0.4 is 0 Å². The topological polar surface area (TPSA) is 17.8 Å². The first-order valence-electron chi connectivity index (χ1n) is 10.3. The second kappa shape index (κ2) is 8.06. The minimum atomic E-state index is 0.790. The van der Waals surface area contributed by atoms with Gasteiger partial charge in [-0.2, -0.15) is 0 Å². The van der Waals surface area contributed by atoms with E-state index in [4.69, 9.17) is 16.6 Å². The molecule has 0 N–H and O–H groups in total. The van der Waals surface area contributed by atoms with E-state index < -0.39 is 0 Å². The molecule has 0 spiro atoms. The summed E-state index contributed by atoms with van der Waals surface area (Å²) in [6.07, 6.45) is 9.37. The molecule has 0 unspecified atom stereocenters. The van der Waals surface area contributed by atoms with Gasteiger partial charge in [0.2, 0.25) is 0 Å². The summed E-state index contributed by atoms with van der Waals surface area (Å²) >= 11 is 6.07. The van der Waals surface area contributed by atoms with Crippen molar-refractivity contribution < 1.29 is 0 Å². The lowest BCUT2D eigenvalue weighted by Crippen LogP contribution is -2.11. The van der Waals surface area contributed by atoms with Crippen LogP contribution in [-0.4, -0.2) is 9.55 Å². The Morgan fingerprint density at radius 2 is 1.70 bits per heavy atom. The van der Waals surface area contributed by atoms with Crippen molar-refractivity contribution in [3.63, 3.8) is 0 Å². The molecule has 3 aromatic rings. The van der Waals surface area contributed by atoms with Crippen molar-refractivity contribution in [2.75, 3.05) is 0 Å². The van der Waals surface area contributed by atoms with Crippen molar-refractivity contribution in [2.24, 2.45) is 5.92 Å². The molecule has 1 aliphatic carbocycles. The van der Waals surface area contributed by atoms with E-state index in [1.54, 1.807) is 0 Å². The molecule has 1 aliphatic rings. The highest BCUT2D eigenvalue weighted by atomic mass is 35.5. The van der Waals surface area contributed by atoms with E-state index in [0.717, 1.165) is 29.4 Å². The van der Waals surface area contributed by atoms with Gasteiger partial charge in [-0.05, 0) is 67.1 Å². The van der Waals surface area contributed by atoms with Crippen molar-refractivity contribution in [1.82, 2.24) is 9.55 Å². The molecule has 0 radical (unpaired) electrons. The van der Waals surface area contributed by atoms with Crippen LogP contribution in [0.4, 0.5) is 0 Å². The van der Waals surface area contributed by atoms with Gasteiger partial charge in [0.15, 0.2) is 0 Å². The molecule has 1 saturated carbocycles. The largest absolute Gasteiger partial charge is 0.323 e. The lowest BCUT2D eigenvalue weighted by Gasteiger charge is -2.21. The third kappa shape index (κ3) is 4.21. The third-order valence-electron chi connectivity index (χ3n) is 6.20. The summed E-state index contributed by atoms with van der Waals surface area (Å²) in [5.74, 6) is 2.11. The number of rotatable bonds is 5. The maximum Gasteiger partial charge on any atom is 0.110 e. The molecule has 0 aliphatic heterocycles. The van der Waals surface area contributed by atoms with Crippen LogP contribution >= 0.6 is 11.6 Å². The smallest absolute Gasteiger partial charge is 0.110 e. The summed E-state index contributed by atoms with van der Waals surface area (Å²) in [7, 11) is 0. The van der Waals surface area contributed by atoms with Crippen LogP contribution in [0.3, 0.4) is 0 Å². The molecule has 0 bridgehead atoms. The lowest BCUT2D eigenvalue weighted by atomic mass is 9.86. The highest BCUT2D eigenvalue weighted by Gasteiger charge is 2.17. The van der Waals surface area contributed by atoms with Gasteiger partial charge < -0.3 is 4.57 Å². The molecule has 1 fully saturated rings. The van der Waals surface area contributed by atoms with Crippen LogP contribution in [-0.2, 0) is 13.0 Å². The van der Waals surface area contributed by atoms with Crippen molar-refractivity contribution in [3.8, 4) is 0 Å². The van der Waals surface area contributed by atoms with E-state index in [9.17, 15) is 0 Å². The maximum absolute atomic E-state index is 6.07. The highest BCUT2D eigenvalue weighted by molar-refractivity contribution is 6.30. The second-order valence-electron chi connectivity index (χ2n) is 8.21. The highest BCUT2D eigenvalue weighted by Crippen LogP contribution is 2.29. The number of hydrogen-bond acceptors (Lipinski definition) is 1. The zero-order chi connectivity index (χ0) is 18.8. The first-order chi connectivity index (χ1) is 13.1. The molecular formula is C24H29ClN2. The molecule has 1 aromatic heterocycles. The Kier molecular flexibility index (Phi) is 5.54. The predicted octanol–water partition coefficient (Wildman–Crippen LogP) is 6.87. The third-order valence-corrected chi connectivity index (χ3v) is 6.45. The summed E-state index contributed by atoms with van der Waals surface area (Å²) in [4.78, 5) is 5.05. The van der Waals surface area contributed by atoms with Crippen LogP contribution in [0.2, 0.25) is 5.02 Å². The SMILES string of the molecule is Cc1cc2nc(CCC3CCCCC3)n(Cc3ccc(Cl)cc3)c2cc1C. The number of benzene rings is 2. The quantitative estimate of drug-likeness (QED) is 0.472. The Morgan fingerprint density at radius 3 is 2.44 bits per heavy atom. The predicted molar refractivity (Wildman–Crippen MR) is 115 cm³/mol. The Morgan fingerprint density at radius 1 is 1.00 bits per heavy atom. The Bertz CT molecular complexity index is 918. The van der Waals surface area contributed by atoms with Gasteiger partial charge in [-0.3, -0.25) is 0 Å². The zero-order valence-corrected chi connectivity index (χ0v) is 17.2. The molecule has 2 aromatic carbocycles. The fraction of sp³-hybridized carbons (Fsp3) is 0.458. The monoisotopic (exact) mass is 380 g/mol. The summed E-state index contributed by atoms with van der Waals surface area (Å²) in [6, 6.07) is 12.8. The minimum Gasteiger partial charge on any atom is -0.323 e. The molecule has 142 valence electrons. The first-order valence-corrected chi connectivity index (χ1v) is 10.7. The second-order valence-corrected chi connectivity index (χ2v) is 8.64. The summed E-state index contributed by atoms with van der Waals surface area (Å²) in [5, 5.41) is 0.790. The molecule has 27 heavy (non-hydrogen) atoms. The summed E-state index contributed by atoms with van der Waals surface area (Å²) in [5.41, 5.74) is 6.31. The van der Waals surface area contributed by atoms with E-state index in [0.29, 0.717) is 0 Å². The Balaban J connectivity index is 1.66. The maximum atomic E-state index is 6.07. The van der Waals surface area contributed by atoms with Gasteiger partial charge in [0, 0.05) is 18.0 Å². The van der Waals surface area contributed by atoms with Crippen LogP contribution in [0.5, 0.6) is 0 Å². The average molecular weight is 381 g/mol. The number of nitrogens with zero attached hydrogens (tertiary/aromatic N) is 2. The average Bonchev–Trinajstić information content (AvgIpc) is 2.99. The lowest BCUT2D eigenvalue weighted by molar-refractivity contribution is 0.336. The van der Waals surface area contributed by atoms with Gasteiger partial charge in [-0.25, -0.2) is 4.98 Å². The van der Waals surface area contributed by atoms with Gasteiger partial charge >= 0.3 is 0 Å². The van der Waals surface area contributed by atoms with Crippen molar-refractivity contribution in [1.29, 1.82) is 0 Å². The van der Waals surface area contributed by atoms with Gasteiger partial charge in [0.25, 0.3) is 0 Å². The van der Waals surface area contributed by atoms with Gasteiger partial charge in [0.1, 0.15) is 5.82 Å². The number of aryl methyl sites for hydroxylation is 3. The summed E-state index contributed by atoms with van der Waals surface area (Å²) < 4.78 is 2.42. The molecule has 2 nitrogen and oxygen atoms in total. The van der Waals surface area contributed by atoms with Crippen molar-refractivity contribution in [2.45, 2.75) is 65.3 Å². The zero-order valence-electron chi connectivity index (χ0n) is 16.5. The Hall–Kier alpha value is -1.80. The van der Waals surface area contributed by atoms with Crippen LogP contribution in [0, 0.1) is 19.8 Å². The van der Waals surface area contributed by atoms with Crippen LogP contribution in [0.15, 0.2) is 36.4 Å². The molecule has 3 heteroatoms. The molecule has 0 atom stereocenters. The number of aromatic nitrogens is 2. The molecule has 0 amide bonds. The van der Waals surface area contributed by atoms with Gasteiger partial charge in [0.05, 0.1) is 11.0 Å². The van der Waals surface area contributed by atoms with Crippen molar-refractivity contribution in [3.05, 3.63) is 63.9 Å². The molecule has 4 rings (SSSR count). The number of hydrogen-bond donors (Lipinski definition) is 0. The van der Waals surface area contributed by atoms with E-state index in [2.05, 4.69) is 42.7 Å². The number of halogens is 1. The van der Waals surface area contributed by atoms with Gasteiger partial charge in [-0.1, -0.05) is 55.8 Å². The van der Waals surface area contributed by atoms with Crippen LogP contribution in [0.25, 0.3) is 11.0 Å². The van der Waals surface area contributed by atoms with E-state index in [1.807, 2.05) is 12.1 Å². The first kappa shape index (κ1) is 18.6.